The molecule has 0 heterocycles. The van der Waals surface area contributed by atoms with Crippen LogP contribution in [0.1, 0.15) is 24.2 Å². The van der Waals surface area contributed by atoms with Crippen molar-refractivity contribution in [3.63, 3.8) is 0 Å². The van der Waals surface area contributed by atoms with Crippen LogP contribution in [0.25, 0.3) is 0 Å². The van der Waals surface area contributed by atoms with Crippen LogP contribution in [-0.2, 0) is 0 Å². The average molecular weight is 249 g/mol. The third-order valence-electron chi connectivity index (χ3n) is 2.65. The van der Waals surface area contributed by atoms with E-state index in [1.807, 2.05) is 38.4 Å². The van der Waals surface area contributed by atoms with Crippen molar-refractivity contribution in [2.45, 2.75) is 19.9 Å². The van der Waals surface area contributed by atoms with Gasteiger partial charge in [0.15, 0.2) is 0 Å². The first kappa shape index (κ1) is 14.5. The van der Waals surface area contributed by atoms with Crippen LogP contribution in [0.15, 0.2) is 24.3 Å². The Hall–Kier alpha value is -1.55. The topological polar surface area (TPSA) is 44.4 Å². The summed E-state index contributed by atoms with van der Waals surface area (Å²) in [5.41, 5.74) is 1.62. The number of nitrogens with zero attached hydrogens (tertiary/aromatic N) is 1. The molecule has 100 valence electrons. The van der Waals surface area contributed by atoms with E-state index in [9.17, 15) is 4.79 Å². The molecular formula is C14H23N3O. The molecule has 0 fully saturated rings. The molecule has 0 unspecified atom stereocenters. The van der Waals surface area contributed by atoms with E-state index < -0.39 is 0 Å². The van der Waals surface area contributed by atoms with Gasteiger partial charge in [0.25, 0.3) is 5.91 Å². The van der Waals surface area contributed by atoms with Gasteiger partial charge in [0.05, 0.1) is 5.56 Å². The quantitative estimate of drug-likeness (QED) is 0.808. The number of carbonyl (C=O) groups is 1. The summed E-state index contributed by atoms with van der Waals surface area (Å²) in [6.45, 7) is 5.62. The highest BCUT2D eigenvalue weighted by Crippen LogP contribution is 2.17. The van der Waals surface area contributed by atoms with Crippen molar-refractivity contribution in [1.29, 1.82) is 0 Å². The van der Waals surface area contributed by atoms with Crippen molar-refractivity contribution < 1.29 is 4.79 Å². The molecule has 1 rings (SSSR count). The van der Waals surface area contributed by atoms with E-state index in [0.29, 0.717) is 12.6 Å². The Bertz CT molecular complexity index is 390. The number of anilines is 1. The zero-order chi connectivity index (χ0) is 13.5. The molecule has 0 spiro atoms. The first-order valence-corrected chi connectivity index (χ1v) is 6.32. The van der Waals surface area contributed by atoms with Crippen LogP contribution in [0.3, 0.4) is 0 Å². The minimum atomic E-state index is 0.0500. The van der Waals surface area contributed by atoms with Gasteiger partial charge in [0.2, 0.25) is 0 Å². The van der Waals surface area contributed by atoms with Crippen LogP contribution in [0, 0.1) is 0 Å². The van der Waals surface area contributed by atoms with Gasteiger partial charge in [-0.25, -0.2) is 0 Å². The largest absolute Gasteiger partial charge is 0.382 e. The van der Waals surface area contributed by atoms with E-state index in [0.717, 1.165) is 17.8 Å². The lowest BCUT2D eigenvalue weighted by Crippen LogP contribution is -2.33. The lowest BCUT2D eigenvalue weighted by Gasteiger charge is -2.20. The maximum Gasteiger partial charge on any atom is 0.255 e. The Morgan fingerprint density at radius 2 is 2.00 bits per heavy atom. The number of amides is 1. The summed E-state index contributed by atoms with van der Waals surface area (Å²) < 4.78 is 0. The Kier molecular flexibility index (Phi) is 5.65. The molecule has 1 amide bonds. The monoisotopic (exact) mass is 249 g/mol. The molecule has 4 nitrogen and oxygen atoms in total. The fourth-order valence-electron chi connectivity index (χ4n) is 1.69. The molecule has 2 N–H and O–H groups in total. The van der Waals surface area contributed by atoms with Crippen LogP contribution < -0.4 is 10.6 Å². The van der Waals surface area contributed by atoms with Gasteiger partial charge in [-0.05, 0) is 33.0 Å². The summed E-state index contributed by atoms with van der Waals surface area (Å²) in [5.74, 6) is 0.0500. The molecule has 0 saturated carbocycles. The number of benzene rings is 1. The molecule has 0 aliphatic carbocycles. The van der Waals surface area contributed by atoms with E-state index in [1.54, 1.807) is 4.90 Å². The normalized spacial score (nSPS) is 10.5. The van der Waals surface area contributed by atoms with Crippen molar-refractivity contribution >= 4 is 11.6 Å². The Labute approximate surface area is 109 Å². The summed E-state index contributed by atoms with van der Waals surface area (Å²) in [5, 5.41) is 6.34. The van der Waals surface area contributed by atoms with Crippen LogP contribution in [0.5, 0.6) is 0 Å². The van der Waals surface area contributed by atoms with Gasteiger partial charge in [0, 0.05) is 31.9 Å². The van der Waals surface area contributed by atoms with Crippen molar-refractivity contribution in [3.8, 4) is 0 Å². The van der Waals surface area contributed by atoms with E-state index in [1.165, 1.54) is 0 Å². The molecule has 1 aromatic carbocycles. The molecule has 0 aromatic heterocycles. The molecule has 0 aliphatic heterocycles. The van der Waals surface area contributed by atoms with E-state index in [2.05, 4.69) is 24.5 Å². The lowest BCUT2D eigenvalue weighted by atomic mass is 10.1. The van der Waals surface area contributed by atoms with E-state index in [4.69, 9.17) is 0 Å². The standard InChI is InChI=1S/C14H23N3O/c1-11(2)16-13-8-6-5-7-12(13)14(18)17(4)10-9-15-3/h5-8,11,15-16H,9-10H2,1-4H3. The third kappa shape index (κ3) is 4.04. The molecule has 0 atom stereocenters. The Morgan fingerprint density at radius 3 is 2.61 bits per heavy atom. The number of rotatable bonds is 6. The summed E-state index contributed by atoms with van der Waals surface area (Å²) >= 11 is 0. The van der Waals surface area contributed by atoms with Crippen molar-refractivity contribution in [2.24, 2.45) is 0 Å². The fourth-order valence-corrected chi connectivity index (χ4v) is 1.69. The highest BCUT2D eigenvalue weighted by Gasteiger charge is 2.15. The first-order valence-electron chi connectivity index (χ1n) is 6.32. The zero-order valence-corrected chi connectivity index (χ0v) is 11.7. The van der Waals surface area contributed by atoms with Crippen molar-refractivity contribution in [3.05, 3.63) is 29.8 Å². The highest BCUT2D eigenvalue weighted by molar-refractivity contribution is 5.99. The van der Waals surface area contributed by atoms with E-state index >= 15 is 0 Å². The third-order valence-corrected chi connectivity index (χ3v) is 2.65. The summed E-state index contributed by atoms with van der Waals surface area (Å²) in [7, 11) is 3.71. The number of para-hydroxylation sites is 1. The predicted octanol–water partition coefficient (Wildman–Crippen LogP) is 1.80. The second-order valence-corrected chi connectivity index (χ2v) is 4.67. The van der Waals surface area contributed by atoms with Crippen LogP contribution in [0.4, 0.5) is 5.69 Å². The minimum absolute atomic E-state index is 0.0500. The second kappa shape index (κ2) is 7.01. The van der Waals surface area contributed by atoms with Gasteiger partial charge in [0.1, 0.15) is 0 Å². The summed E-state index contributed by atoms with van der Waals surface area (Å²) in [6, 6.07) is 7.95. The maximum atomic E-state index is 12.3. The van der Waals surface area contributed by atoms with Gasteiger partial charge in [-0.2, -0.15) is 0 Å². The minimum Gasteiger partial charge on any atom is -0.382 e. The van der Waals surface area contributed by atoms with Crippen LogP contribution in [-0.4, -0.2) is 44.0 Å². The number of hydrogen-bond donors (Lipinski definition) is 2. The lowest BCUT2D eigenvalue weighted by molar-refractivity contribution is 0.0798. The molecular weight excluding hydrogens is 226 g/mol. The first-order chi connectivity index (χ1) is 8.56. The molecule has 4 heteroatoms. The molecule has 1 aromatic rings. The zero-order valence-electron chi connectivity index (χ0n) is 11.7. The molecule has 18 heavy (non-hydrogen) atoms. The smallest absolute Gasteiger partial charge is 0.255 e. The van der Waals surface area contributed by atoms with Crippen LogP contribution >= 0.6 is 0 Å². The van der Waals surface area contributed by atoms with E-state index in [-0.39, 0.29) is 5.91 Å². The fraction of sp³-hybridized carbons (Fsp3) is 0.500. The molecule has 0 bridgehead atoms. The van der Waals surface area contributed by atoms with Gasteiger partial charge >= 0.3 is 0 Å². The highest BCUT2D eigenvalue weighted by atomic mass is 16.2. The Morgan fingerprint density at radius 1 is 1.33 bits per heavy atom. The van der Waals surface area contributed by atoms with Gasteiger partial charge in [-0.1, -0.05) is 12.1 Å². The molecule has 0 saturated heterocycles. The maximum absolute atomic E-state index is 12.3. The number of hydrogen-bond acceptors (Lipinski definition) is 3. The summed E-state index contributed by atoms with van der Waals surface area (Å²) in [6.07, 6.45) is 0. The SMILES string of the molecule is CNCCN(C)C(=O)c1ccccc1NC(C)C. The second-order valence-electron chi connectivity index (χ2n) is 4.67. The number of carbonyl (C=O) groups excluding carboxylic acids is 1. The number of likely N-dealkylation sites (N-methyl/N-ethyl adjacent to an activating group) is 2. The van der Waals surface area contributed by atoms with Crippen LogP contribution in [0.2, 0.25) is 0 Å². The van der Waals surface area contributed by atoms with Gasteiger partial charge in [-0.3, -0.25) is 4.79 Å². The summed E-state index contributed by atoms with van der Waals surface area (Å²) in [4.78, 5) is 14.0. The molecule has 0 aliphatic rings. The van der Waals surface area contributed by atoms with Gasteiger partial charge < -0.3 is 15.5 Å². The van der Waals surface area contributed by atoms with Crippen molar-refractivity contribution in [2.75, 3.05) is 32.5 Å². The van der Waals surface area contributed by atoms with Crippen molar-refractivity contribution in [1.82, 2.24) is 10.2 Å². The Balaban J connectivity index is 2.84. The van der Waals surface area contributed by atoms with Gasteiger partial charge in [-0.15, -0.1) is 0 Å². The predicted molar refractivity (Wildman–Crippen MR) is 76.1 cm³/mol. The average Bonchev–Trinajstić information content (AvgIpc) is 2.35. The number of nitrogens with one attached hydrogen (secondary N) is 2. The molecule has 0 radical (unpaired) electrons.